The van der Waals surface area contributed by atoms with E-state index in [1.165, 1.54) is 6.33 Å². The second kappa shape index (κ2) is 7.98. The quantitative estimate of drug-likeness (QED) is 0.738. The van der Waals surface area contributed by atoms with Crippen molar-refractivity contribution in [1.29, 1.82) is 0 Å². The normalized spacial score (nSPS) is 17.0. The number of urea groups is 1. The van der Waals surface area contributed by atoms with Gasteiger partial charge in [-0.05, 0) is 24.8 Å². The smallest absolute Gasteiger partial charge is 0.317 e. The number of carbonyl (C=O) groups is 1. The first kappa shape index (κ1) is 17.2. The molecule has 0 saturated carbocycles. The lowest BCUT2D eigenvalue weighted by Gasteiger charge is -2.33. The molecule has 1 aliphatic rings. The minimum Gasteiger partial charge on any atom is -0.337 e. The monoisotopic (exact) mass is 366 g/mol. The molecule has 3 aromatic heterocycles. The van der Waals surface area contributed by atoms with Crippen LogP contribution in [0.25, 0.3) is 5.82 Å². The zero-order chi connectivity index (χ0) is 18.5. The third-order valence-corrected chi connectivity index (χ3v) is 4.77. The summed E-state index contributed by atoms with van der Waals surface area (Å²) >= 11 is 0. The van der Waals surface area contributed by atoms with Gasteiger partial charge in [-0.25, -0.2) is 24.4 Å². The maximum atomic E-state index is 12.7. The molecule has 2 amide bonds. The number of nitrogens with one attached hydrogen (secondary N) is 1. The van der Waals surface area contributed by atoms with Crippen LogP contribution in [0.15, 0.2) is 49.7 Å². The van der Waals surface area contributed by atoms with Gasteiger partial charge >= 0.3 is 6.03 Å². The highest BCUT2D eigenvalue weighted by Gasteiger charge is 2.24. The van der Waals surface area contributed by atoms with Crippen LogP contribution in [-0.2, 0) is 13.1 Å². The molecule has 0 spiro atoms. The lowest BCUT2D eigenvalue weighted by atomic mass is 9.98. The zero-order valence-electron chi connectivity index (χ0n) is 15.0. The van der Waals surface area contributed by atoms with E-state index in [4.69, 9.17) is 0 Å². The Kier molecular flexibility index (Phi) is 5.08. The molecule has 27 heavy (non-hydrogen) atoms. The number of piperidine rings is 1. The van der Waals surface area contributed by atoms with Crippen molar-refractivity contribution in [1.82, 2.24) is 39.5 Å². The summed E-state index contributed by atoms with van der Waals surface area (Å²) in [6.07, 6.45) is 12.5. The highest BCUT2D eigenvalue weighted by molar-refractivity contribution is 5.74. The summed E-state index contributed by atoms with van der Waals surface area (Å²) in [5, 5.41) is 7.14. The lowest BCUT2D eigenvalue weighted by Crippen LogP contribution is -2.46. The van der Waals surface area contributed by atoms with Gasteiger partial charge in [0.15, 0.2) is 5.82 Å². The maximum absolute atomic E-state index is 12.7. The van der Waals surface area contributed by atoms with Crippen LogP contribution in [0.2, 0.25) is 0 Å². The largest absolute Gasteiger partial charge is 0.337 e. The molecule has 4 heterocycles. The average Bonchev–Trinajstić information content (AvgIpc) is 3.41. The van der Waals surface area contributed by atoms with E-state index in [9.17, 15) is 4.79 Å². The van der Waals surface area contributed by atoms with Gasteiger partial charge in [0.2, 0.25) is 0 Å². The summed E-state index contributed by atoms with van der Waals surface area (Å²) in [5.41, 5.74) is 0.892. The number of aromatic nitrogens is 6. The second-order valence-electron chi connectivity index (χ2n) is 6.70. The molecule has 0 radical (unpaired) electrons. The van der Waals surface area contributed by atoms with Crippen molar-refractivity contribution in [3.05, 3.63) is 55.3 Å². The van der Waals surface area contributed by atoms with Gasteiger partial charge in [-0.15, -0.1) is 0 Å². The van der Waals surface area contributed by atoms with Crippen molar-refractivity contribution in [2.24, 2.45) is 5.92 Å². The van der Waals surface area contributed by atoms with Gasteiger partial charge in [-0.3, -0.25) is 0 Å². The van der Waals surface area contributed by atoms with Crippen molar-refractivity contribution in [3.63, 3.8) is 0 Å². The van der Waals surface area contributed by atoms with Crippen LogP contribution in [0.4, 0.5) is 4.79 Å². The fourth-order valence-electron chi connectivity index (χ4n) is 3.47. The molecule has 1 fully saturated rings. The molecule has 140 valence electrons. The first-order chi connectivity index (χ1) is 13.3. The van der Waals surface area contributed by atoms with Crippen molar-refractivity contribution in [2.45, 2.75) is 25.9 Å². The SMILES string of the molecule is O=C(NCc1cccnc1-n1cncn1)N1CCC[C@H](Cn2ccnc2)C1. The van der Waals surface area contributed by atoms with E-state index in [2.05, 4.69) is 29.9 Å². The van der Waals surface area contributed by atoms with E-state index in [-0.39, 0.29) is 6.03 Å². The standard InChI is InChI=1S/C18H22N8O/c27-18(25-7-2-3-15(11-25)10-24-8-6-19-13-24)22-9-16-4-1-5-21-17(16)26-14-20-12-23-26/h1,4-6,8,12-15H,2-3,7,9-11H2,(H,22,27)/t15-/m1/s1. The van der Waals surface area contributed by atoms with Crippen molar-refractivity contribution >= 4 is 6.03 Å². The number of hydrogen-bond donors (Lipinski definition) is 1. The maximum Gasteiger partial charge on any atom is 0.317 e. The number of hydrogen-bond acceptors (Lipinski definition) is 5. The molecule has 4 rings (SSSR count). The Balaban J connectivity index is 1.36. The highest BCUT2D eigenvalue weighted by Crippen LogP contribution is 2.18. The van der Waals surface area contributed by atoms with Crippen LogP contribution in [-0.4, -0.2) is 53.3 Å². The van der Waals surface area contributed by atoms with E-state index >= 15 is 0 Å². The third-order valence-electron chi connectivity index (χ3n) is 4.77. The fraction of sp³-hybridized carbons (Fsp3) is 0.389. The third kappa shape index (κ3) is 4.13. The van der Waals surface area contributed by atoms with Crippen LogP contribution >= 0.6 is 0 Å². The fourth-order valence-corrected chi connectivity index (χ4v) is 3.47. The van der Waals surface area contributed by atoms with E-state index < -0.39 is 0 Å². The molecule has 1 N–H and O–H groups in total. The predicted octanol–water partition coefficient (Wildman–Crippen LogP) is 1.48. The van der Waals surface area contributed by atoms with Gasteiger partial charge in [0.05, 0.1) is 6.33 Å². The number of nitrogens with zero attached hydrogens (tertiary/aromatic N) is 7. The molecule has 3 aromatic rings. The molecule has 9 heteroatoms. The van der Waals surface area contributed by atoms with Crippen LogP contribution < -0.4 is 5.32 Å². The number of likely N-dealkylation sites (tertiary alicyclic amines) is 1. The topological polar surface area (TPSA) is 93.8 Å². The van der Waals surface area contributed by atoms with Crippen LogP contribution in [0.1, 0.15) is 18.4 Å². The number of pyridine rings is 1. The first-order valence-electron chi connectivity index (χ1n) is 9.07. The molecule has 0 bridgehead atoms. The minimum atomic E-state index is -0.0428. The van der Waals surface area contributed by atoms with Gasteiger partial charge in [0.1, 0.15) is 12.7 Å². The minimum absolute atomic E-state index is 0.0428. The Labute approximate surface area is 157 Å². The Hall–Kier alpha value is -3.23. The molecule has 0 aliphatic carbocycles. The first-order valence-corrected chi connectivity index (χ1v) is 9.07. The predicted molar refractivity (Wildman–Crippen MR) is 97.9 cm³/mol. The van der Waals surface area contributed by atoms with Gasteiger partial charge in [0.25, 0.3) is 0 Å². The van der Waals surface area contributed by atoms with E-state index in [1.807, 2.05) is 29.6 Å². The average molecular weight is 366 g/mol. The Morgan fingerprint density at radius 1 is 1.26 bits per heavy atom. The summed E-state index contributed by atoms with van der Waals surface area (Å²) in [7, 11) is 0. The summed E-state index contributed by atoms with van der Waals surface area (Å²) in [5.74, 6) is 1.12. The summed E-state index contributed by atoms with van der Waals surface area (Å²) < 4.78 is 3.68. The number of carbonyl (C=O) groups excluding carboxylic acids is 1. The van der Waals surface area contributed by atoms with Crippen LogP contribution in [0, 0.1) is 5.92 Å². The summed E-state index contributed by atoms with van der Waals surface area (Å²) in [4.78, 5) is 27.0. The molecule has 1 saturated heterocycles. The molecular formula is C18H22N8O. The molecule has 0 aromatic carbocycles. The Morgan fingerprint density at radius 3 is 3.04 bits per heavy atom. The molecule has 1 aliphatic heterocycles. The lowest BCUT2D eigenvalue weighted by molar-refractivity contribution is 0.159. The van der Waals surface area contributed by atoms with Crippen molar-refractivity contribution in [3.8, 4) is 5.82 Å². The number of rotatable bonds is 5. The van der Waals surface area contributed by atoms with Crippen LogP contribution in [0.5, 0.6) is 0 Å². The molecular weight excluding hydrogens is 344 g/mol. The van der Waals surface area contributed by atoms with Gasteiger partial charge < -0.3 is 14.8 Å². The Bertz CT molecular complexity index is 861. The number of amides is 2. The summed E-state index contributed by atoms with van der Waals surface area (Å²) in [6.45, 7) is 2.83. The molecule has 1 atom stereocenters. The molecule has 0 unspecified atom stereocenters. The summed E-state index contributed by atoms with van der Waals surface area (Å²) in [6, 6.07) is 3.74. The van der Waals surface area contributed by atoms with E-state index in [0.717, 1.165) is 38.0 Å². The highest BCUT2D eigenvalue weighted by atomic mass is 16.2. The van der Waals surface area contributed by atoms with Gasteiger partial charge in [0, 0.05) is 50.3 Å². The van der Waals surface area contributed by atoms with Gasteiger partial charge in [-0.1, -0.05) is 6.07 Å². The van der Waals surface area contributed by atoms with Crippen molar-refractivity contribution in [2.75, 3.05) is 13.1 Å². The zero-order valence-corrected chi connectivity index (χ0v) is 15.0. The number of imidazole rings is 1. The van der Waals surface area contributed by atoms with Crippen molar-refractivity contribution < 1.29 is 4.79 Å². The van der Waals surface area contributed by atoms with E-state index in [1.54, 1.807) is 23.4 Å². The molecule has 9 nitrogen and oxygen atoms in total. The second-order valence-corrected chi connectivity index (χ2v) is 6.70. The Morgan fingerprint density at radius 2 is 2.22 bits per heavy atom. The van der Waals surface area contributed by atoms with Crippen LogP contribution in [0.3, 0.4) is 0 Å². The van der Waals surface area contributed by atoms with Gasteiger partial charge in [-0.2, -0.15) is 5.10 Å². The van der Waals surface area contributed by atoms with E-state index in [0.29, 0.717) is 18.3 Å².